The van der Waals surface area contributed by atoms with E-state index in [0.717, 1.165) is 18.7 Å². The van der Waals surface area contributed by atoms with Gasteiger partial charge in [-0.1, -0.05) is 6.07 Å². The zero-order valence-electron chi connectivity index (χ0n) is 7.25. The number of carbonyl (C=O) groups is 1. The lowest BCUT2D eigenvalue weighted by atomic mass is 10.0. The summed E-state index contributed by atoms with van der Waals surface area (Å²) in [6.07, 6.45) is 1.63. The lowest BCUT2D eigenvalue weighted by Gasteiger charge is -2.16. The maximum Gasteiger partial charge on any atom is 0.211 e. The molecular weight excluding hydrogens is 166 g/mol. The zero-order valence-corrected chi connectivity index (χ0v) is 7.25. The van der Waals surface area contributed by atoms with Gasteiger partial charge in [0, 0.05) is 5.69 Å². The molecule has 0 unspecified atom stereocenters. The fourth-order valence-corrected chi connectivity index (χ4v) is 1.52. The number of nitrogens with one attached hydrogen (secondary N) is 1. The summed E-state index contributed by atoms with van der Waals surface area (Å²) in [5.41, 5.74) is 3.36. The maximum atomic E-state index is 10.2. The summed E-state index contributed by atoms with van der Waals surface area (Å²) in [5.74, 6) is 0. The Hall–Kier alpha value is -1.35. The molecule has 0 bridgehead atoms. The van der Waals surface area contributed by atoms with E-state index >= 15 is 0 Å². The lowest BCUT2D eigenvalue weighted by molar-refractivity contribution is -0.105. The second-order valence-electron chi connectivity index (χ2n) is 3.05. The van der Waals surface area contributed by atoms with E-state index in [1.807, 2.05) is 18.2 Å². The van der Waals surface area contributed by atoms with E-state index in [-0.39, 0.29) is 0 Å². The molecule has 0 atom stereocenters. The standard InChI is InChI=1S/C10H11NO2/c12-7-11-10-2-1-9-6-13-4-3-8(9)5-10/h1-2,5,7H,3-4,6H2,(H,11,12). The van der Waals surface area contributed by atoms with E-state index in [1.165, 1.54) is 11.1 Å². The molecule has 0 fully saturated rings. The number of ether oxygens (including phenoxy) is 1. The smallest absolute Gasteiger partial charge is 0.211 e. The largest absolute Gasteiger partial charge is 0.376 e. The topological polar surface area (TPSA) is 38.3 Å². The molecule has 1 N–H and O–H groups in total. The first kappa shape index (κ1) is 8.26. The Kier molecular flexibility index (Phi) is 2.27. The molecule has 1 aliphatic rings. The van der Waals surface area contributed by atoms with Crippen molar-refractivity contribution >= 4 is 12.1 Å². The minimum absolute atomic E-state index is 0.691. The number of benzene rings is 1. The molecule has 0 aromatic heterocycles. The van der Waals surface area contributed by atoms with Crippen molar-refractivity contribution in [3.05, 3.63) is 29.3 Å². The highest BCUT2D eigenvalue weighted by molar-refractivity contribution is 5.71. The molecule has 1 aromatic rings. The summed E-state index contributed by atoms with van der Waals surface area (Å²) in [5, 5.41) is 2.64. The molecule has 1 amide bonds. The Labute approximate surface area is 76.7 Å². The van der Waals surface area contributed by atoms with E-state index in [9.17, 15) is 4.79 Å². The molecule has 0 saturated heterocycles. The fraction of sp³-hybridized carbons (Fsp3) is 0.300. The molecule has 3 nitrogen and oxygen atoms in total. The summed E-state index contributed by atoms with van der Waals surface area (Å²) in [6, 6.07) is 5.90. The Balaban J connectivity index is 2.29. The van der Waals surface area contributed by atoms with E-state index in [1.54, 1.807) is 0 Å². The normalized spacial score (nSPS) is 14.8. The van der Waals surface area contributed by atoms with Crippen LogP contribution >= 0.6 is 0 Å². The number of anilines is 1. The summed E-state index contributed by atoms with van der Waals surface area (Å²) in [6.45, 7) is 1.47. The van der Waals surface area contributed by atoms with Gasteiger partial charge in [-0.25, -0.2) is 0 Å². The van der Waals surface area contributed by atoms with Gasteiger partial charge in [-0.3, -0.25) is 4.79 Å². The van der Waals surface area contributed by atoms with Crippen molar-refractivity contribution in [1.29, 1.82) is 0 Å². The Morgan fingerprint density at radius 3 is 3.15 bits per heavy atom. The number of hydrogen-bond acceptors (Lipinski definition) is 2. The van der Waals surface area contributed by atoms with Crippen LogP contribution in [0.4, 0.5) is 5.69 Å². The van der Waals surface area contributed by atoms with Crippen molar-refractivity contribution in [3.63, 3.8) is 0 Å². The molecule has 3 heteroatoms. The molecular formula is C10H11NO2. The van der Waals surface area contributed by atoms with Crippen LogP contribution in [0, 0.1) is 0 Å². The minimum atomic E-state index is 0.691. The van der Waals surface area contributed by atoms with Gasteiger partial charge in [-0.2, -0.15) is 0 Å². The van der Waals surface area contributed by atoms with Crippen molar-refractivity contribution in [2.24, 2.45) is 0 Å². The molecule has 0 radical (unpaired) electrons. The molecule has 0 saturated carbocycles. The first-order valence-electron chi connectivity index (χ1n) is 4.30. The van der Waals surface area contributed by atoms with E-state index in [2.05, 4.69) is 5.32 Å². The SMILES string of the molecule is O=CNc1ccc2c(c1)CCOC2. The molecule has 0 spiro atoms. The molecule has 2 rings (SSSR count). The second-order valence-corrected chi connectivity index (χ2v) is 3.05. The summed E-state index contributed by atoms with van der Waals surface area (Å²) in [4.78, 5) is 10.2. The van der Waals surface area contributed by atoms with Gasteiger partial charge in [0.2, 0.25) is 6.41 Å². The highest BCUT2D eigenvalue weighted by Crippen LogP contribution is 2.20. The van der Waals surface area contributed by atoms with Gasteiger partial charge in [0.15, 0.2) is 0 Å². The number of rotatable bonds is 2. The average Bonchev–Trinajstić information content (AvgIpc) is 2.18. The number of hydrogen-bond donors (Lipinski definition) is 1. The maximum absolute atomic E-state index is 10.2. The number of carbonyl (C=O) groups excluding carboxylic acids is 1. The van der Waals surface area contributed by atoms with Gasteiger partial charge in [-0.15, -0.1) is 0 Å². The van der Waals surface area contributed by atoms with Gasteiger partial charge >= 0.3 is 0 Å². The van der Waals surface area contributed by atoms with Crippen molar-refractivity contribution in [3.8, 4) is 0 Å². The first-order chi connectivity index (χ1) is 6.40. The quantitative estimate of drug-likeness (QED) is 0.692. The van der Waals surface area contributed by atoms with Crippen LogP contribution < -0.4 is 5.32 Å². The highest BCUT2D eigenvalue weighted by atomic mass is 16.5. The molecule has 68 valence electrons. The first-order valence-corrected chi connectivity index (χ1v) is 4.30. The van der Waals surface area contributed by atoms with Crippen LogP contribution in [0.25, 0.3) is 0 Å². The van der Waals surface area contributed by atoms with E-state index < -0.39 is 0 Å². The van der Waals surface area contributed by atoms with Crippen molar-refractivity contribution in [2.45, 2.75) is 13.0 Å². The van der Waals surface area contributed by atoms with Gasteiger partial charge in [0.25, 0.3) is 0 Å². The number of fused-ring (bicyclic) bond motifs is 1. The average molecular weight is 177 g/mol. The lowest BCUT2D eigenvalue weighted by Crippen LogP contribution is -2.10. The van der Waals surface area contributed by atoms with E-state index in [0.29, 0.717) is 13.0 Å². The zero-order chi connectivity index (χ0) is 9.10. The van der Waals surface area contributed by atoms with Crippen LogP contribution in [0.3, 0.4) is 0 Å². The monoisotopic (exact) mass is 177 g/mol. The minimum Gasteiger partial charge on any atom is -0.376 e. The fourth-order valence-electron chi connectivity index (χ4n) is 1.52. The predicted octanol–water partition coefficient (Wildman–Crippen LogP) is 1.33. The van der Waals surface area contributed by atoms with Crippen molar-refractivity contribution in [1.82, 2.24) is 0 Å². The van der Waals surface area contributed by atoms with Crippen LogP contribution in [-0.2, 0) is 22.6 Å². The molecule has 1 heterocycles. The van der Waals surface area contributed by atoms with Crippen LogP contribution in [0.2, 0.25) is 0 Å². The third-order valence-electron chi connectivity index (χ3n) is 2.21. The molecule has 13 heavy (non-hydrogen) atoms. The predicted molar refractivity (Wildman–Crippen MR) is 49.5 cm³/mol. The third kappa shape index (κ3) is 1.70. The number of amides is 1. The molecule has 0 aliphatic carbocycles. The van der Waals surface area contributed by atoms with Crippen LogP contribution in [-0.4, -0.2) is 13.0 Å². The van der Waals surface area contributed by atoms with E-state index in [4.69, 9.17) is 4.74 Å². The van der Waals surface area contributed by atoms with Gasteiger partial charge < -0.3 is 10.1 Å². The Bertz CT molecular complexity index is 323. The second kappa shape index (κ2) is 3.58. The Morgan fingerprint density at radius 2 is 2.31 bits per heavy atom. The van der Waals surface area contributed by atoms with Crippen molar-refractivity contribution in [2.75, 3.05) is 11.9 Å². The van der Waals surface area contributed by atoms with Crippen LogP contribution in [0.5, 0.6) is 0 Å². The Morgan fingerprint density at radius 1 is 1.38 bits per heavy atom. The van der Waals surface area contributed by atoms with Gasteiger partial charge in [0.1, 0.15) is 0 Å². The van der Waals surface area contributed by atoms with Gasteiger partial charge in [-0.05, 0) is 29.7 Å². The van der Waals surface area contributed by atoms with Crippen LogP contribution in [0.15, 0.2) is 18.2 Å². The third-order valence-corrected chi connectivity index (χ3v) is 2.21. The summed E-state index contributed by atoms with van der Waals surface area (Å²) >= 11 is 0. The van der Waals surface area contributed by atoms with Crippen LogP contribution in [0.1, 0.15) is 11.1 Å². The molecule has 1 aliphatic heterocycles. The highest BCUT2D eigenvalue weighted by Gasteiger charge is 2.08. The molecule has 1 aromatic carbocycles. The summed E-state index contributed by atoms with van der Waals surface area (Å²) < 4.78 is 5.31. The summed E-state index contributed by atoms with van der Waals surface area (Å²) in [7, 11) is 0. The van der Waals surface area contributed by atoms with Gasteiger partial charge in [0.05, 0.1) is 13.2 Å². The van der Waals surface area contributed by atoms with Crippen molar-refractivity contribution < 1.29 is 9.53 Å².